The molecule has 0 aliphatic carbocycles. The molecule has 1 aromatic heterocycles. The number of methoxy groups -OCH3 is 2. The minimum absolute atomic E-state index is 0.0600. The molecule has 28 heavy (non-hydrogen) atoms. The van der Waals surface area contributed by atoms with Crippen molar-refractivity contribution in [1.82, 2.24) is 4.57 Å². The number of terminal acetylenes is 1. The van der Waals surface area contributed by atoms with Crippen LogP contribution in [0.1, 0.15) is 27.6 Å². The van der Waals surface area contributed by atoms with E-state index in [1.807, 2.05) is 12.1 Å². The molecule has 0 fully saturated rings. The monoisotopic (exact) mass is 394 g/mol. The Morgan fingerprint density at radius 3 is 2.29 bits per heavy atom. The lowest BCUT2D eigenvalue weighted by molar-refractivity contribution is 0.0991. The van der Waals surface area contributed by atoms with Gasteiger partial charge in [-0.15, -0.1) is 6.42 Å². The molecule has 0 bridgehead atoms. The molecule has 0 radical (unpaired) electrons. The summed E-state index contributed by atoms with van der Waals surface area (Å²) in [7, 11) is 3.12. The minimum atomic E-state index is -0.411. The molecule has 3 rings (SSSR count). The van der Waals surface area contributed by atoms with E-state index in [1.54, 1.807) is 43.1 Å². The van der Waals surface area contributed by atoms with Crippen molar-refractivity contribution >= 4 is 33.2 Å². The molecule has 142 valence electrons. The van der Waals surface area contributed by atoms with Gasteiger partial charge >= 0.3 is 0 Å². The number of rotatable bonds is 5. The zero-order valence-electron chi connectivity index (χ0n) is 15.7. The highest BCUT2D eigenvalue weighted by Crippen LogP contribution is 2.33. The summed E-state index contributed by atoms with van der Waals surface area (Å²) in [4.78, 5) is 28.7. The number of benzene rings is 2. The number of amides is 1. The molecule has 0 saturated carbocycles. The van der Waals surface area contributed by atoms with Gasteiger partial charge in [-0.25, -0.2) is 0 Å². The van der Waals surface area contributed by atoms with Gasteiger partial charge in [-0.2, -0.15) is 4.99 Å². The van der Waals surface area contributed by atoms with Gasteiger partial charge in [-0.3, -0.25) is 9.59 Å². The summed E-state index contributed by atoms with van der Waals surface area (Å²) < 4.78 is 13.3. The van der Waals surface area contributed by atoms with E-state index >= 15 is 0 Å². The SMILES string of the molecule is C#CCn1c(=NC(=O)c2ccc(C(C)=O)cc2)sc2cc(OC)c(OC)cc21. The van der Waals surface area contributed by atoms with E-state index < -0.39 is 5.91 Å². The molecule has 3 aromatic rings. The maximum atomic E-state index is 12.6. The lowest BCUT2D eigenvalue weighted by Gasteiger charge is -2.08. The molecule has 0 aliphatic rings. The smallest absolute Gasteiger partial charge is 0.279 e. The van der Waals surface area contributed by atoms with Crippen LogP contribution in [0.3, 0.4) is 0 Å². The van der Waals surface area contributed by atoms with Crippen molar-refractivity contribution in [3.8, 4) is 23.8 Å². The quantitative estimate of drug-likeness (QED) is 0.492. The van der Waals surface area contributed by atoms with Crippen molar-refractivity contribution in [1.29, 1.82) is 0 Å². The summed E-state index contributed by atoms with van der Waals surface area (Å²) >= 11 is 1.33. The van der Waals surface area contributed by atoms with Crippen LogP contribution in [-0.4, -0.2) is 30.5 Å². The Bertz CT molecular complexity index is 1160. The van der Waals surface area contributed by atoms with Gasteiger partial charge < -0.3 is 14.0 Å². The molecule has 6 nitrogen and oxygen atoms in total. The number of hydrogen-bond acceptors (Lipinski definition) is 5. The molecular formula is C21H18N2O4S. The normalized spacial score (nSPS) is 11.3. The molecular weight excluding hydrogens is 376 g/mol. The maximum Gasteiger partial charge on any atom is 0.279 e. The van der Waals surface area contributed by atoms with E-state index in [0.717, 1.165) is 10.2 Å². The summed E-state index contributed by atoms with van der Waals surface area (Å²) in [5.74, 6) is 3.27. The van der Waals surface area contributed by atoms with Crippen molar-refractivity contribution in [3.63, 3.8) is 0 Å². The summed E-state index contributed by atoms with van der Waals surface area (Å²) in [6.45, 7) is 1.73. The van der Waals surface area contributed by atoms with Crippen molar-refractivity contribution in [2.75, 3.05) is 14.2 Å². The van der Waals surface area contributed by atoms with Crippen molar-refractivity contribution in [3.05, 3.63) is 52.3 Å². The highest BCUT2D eigenvalue weighted by Gasteiger charge is 2.13. The Morgan fingerprint density at radius 2 is 1.71 bits per heavy atom. The summed E-state index contributed by atoms with van der Waals surface area (Å²) in [5, 5.41) is 0. The number of thiazole rings is 1. The van der Waals surface area contributed by atoms with E-state index in [4.69, 9.17) is 15.9 Å². The third-order valence-electron chi connectivity index (χ3n) is 4.17. The highest BCUT2D eigenvalue weighted by molar-refractivity contribution is 7.16. The van der Waals surface area contributed by atoms with Crippen molar-refractivity contribution in [2.24, 2.45) is 4.99 Å². The number of carbonyl (C=O) groups is 2. The van der Waals surface area contributed by atoms with Crippen molar-refractivity contribution in [2.45, 2.75) is 13.5 Å². The first-order valence-electron chi connectivity index (χ1n) is 8.37. The van der Waals surface area contributed by atoms with Crippen molar-refractivity contribution < 1.29 is 19.1 Å². The molecule has 1 amide bonds. The van der Waals surface area contributed by atoms with Crippen LogP contribution in [0.4, 0.5) is 0 Å². The topological polar surface area (TPSA) is 69.9 Å². The second-order valence-corrected chi connectivity index (χ2v) is 6.91. The van der Waals surface area contributed by atoms with Gasteiger partial charge in [0.25, 0.3) is 5.91 Å². The van der Waals surface area contributed by atoms with Crippen LogP contribution in [0.5, 0.6) is 11.5 Å². The number of hydrogen-bond donors (Lipinski definition) is 0. The maximum absolute atomic E-state index is 12.6. The van der Waals surface area contributed by atoms with Crippen LogP contribution < -0.4 is 14.3 Å². The molecule has 0 aliphatic heterocycles. The lowest BCUT2D eigenvalue weighted by atomic mass is 10.1. The first kappa shape index (κ1) is 19.4. The highest BCUT2D eigenvalue weighted by atomic mass is 32.1. The minimum Gasteiger partial charge on any atom is -0.493 e. The number of fused-ring (bicyclic) bond motifs is 1. The van der Waals surface area contributed by atoms with Gasteiger partial charge in [0.15, 0.2) is 22.1 Å². The zero-order valence-corrected chi connectivity index (χ0v) is 16.5. The number of Topliss-reactive ketones (excluding diaryl/α,β-unsaturated/α-hetero) is 1. The number of aromatic nitrogens is 1. The average molecular weight is 394 g/mol. The predicted octanol–water partition coefficient (Wildman–Crippen LogP) is 3.30. The van der Waals surface area contributed by atoms with Crippen LogP contribution in [0.25, 0.3) is 10.2 Å². The van der Waals surface area contributed by atoms with Crippen LogP contribution in [0, 0.1) is 12.3 Å². The number of nitrogens with zero attached hydrogens (tertiary/aromatic N) is 2. The molecule has 2 aromatic carbocycles. The van der Waals surface area contributed by atoms with Gasteiger partial charge in [0.1, 0.15) is 0 Å². The van der Waals surface area contributed by atoms with Gasteiger partial charge in [0.05, 0.1) is 31.0 Å². The van der Waals surface area contributed by atoms with Gasteiger partial charge in [-0.05, 0) is 19.1 Å². The molecule has 7 heteroatoms. The number of ketones is 1. The van der Waals surface area contributed by atoms with E-state index in [0.29, 0.717) is 27.4 Å². The first-order valence-corrected chi connectivity index (χ1v) is 9.19. The lowest BCUT2D eigenvalue weighted by Crippen LogP contribution is -2.16. The third kappa shape index (κ3) is 3.68. The van der Waals surface area contributed by atoms with Gasteiger partial charge in [-0.1, -0.05) is 29.4 Å². The van der Waals surface area contributed by atoms with Crippen LogP contribution in [0.2, 0.25) is 0 Å². The fraction of sp³-hybridized carbons (Fsp3) is 0.190. The van der Waals surface area contributed by atoms with Crippen LogP contribution >= 0.6 is 11.3 Å². The van der Waals surface area contributed by atoms with E-state index in [-0.39, 0.29) is 12.3 Å². The van der Waals surface area contributed by atoms with E-state index in [2.05, 4.69) is 10.9 Å². The fourth-order valence-electron chi connectivity index (χ4n) is 2.72. The Morgan fingerprint density at radius 1 is 1.11 bits per heavy atom. The van der Waals surface area contributed by atoms with Gasteiger partial charge in [0, 0.05) is 23.3 Å². The predicted molar refractivity (Wildman–Crippen MR) is 108 cm³/mol. The molecule has 0 spiro atoms. The largest absolute Gasteiger partial charge is 0.493 e. The average Bonchev–Trinajstić information content (AvgIpc) is 3.03. The Kier molecular flexibility index (Phi) is 5.62. The van der Waals surface area contributed by atoms with E-state index in [1.165, 1.54) is 18.3 Å². The van der Waals surface area contributed by atoms with E-state index in [9.17, 15) is 9.59 Å². The summed E-state index contributed by atoms with van der Waals surface area (Å²) in [5.41, 5.74) is 1.74. The van der Waals surface area contributed by atoms with Crippen LogP contribution in [-0.2, 0) is 6.54 Å². The molecule has 1 heterocycles. The third-order valence-corrected chi connectivity index (χ3v) is 5.21. The Balaban J connectivity index is 2.12. The Hall–Kier alpha value is -3.37. The molecule has 0 N–H and O–H groups in total. The summed E-state index contributed by atoms with van der Waals surface area (Å²) in [6, 6.07) is 10.0. The molecule has 0 saturated heterocycles. The molecule has 0 atom stereocenters. The Labute approximate surface area is 166 Å². The van der Waals surface area contributed by atoms with Gasteiger partial charge in [0.2, 0.25) is 0 Å². The number of ether oxygens (including phenoxy) is 2. The summed E-state index contributed by atoms with van der Waals surface area (Å²) in [6.07, 6.45) is 5.51. The zero-order chi connectivity index (χ0) is 20.3. The standard InChI is InChI=1S/C21H18N2O4S/c1-5-10-23-16-11-17(26-3)18(27-4)12-19(16)28-21(23)22-20(25)15-8-6-14(7-9-15)13(2)24/h1,6-9,11-12H,10H2,2-4H3. The second-order valence-electron chi connectivity index (χ2n) is 5.90. The number of carbonyl (C=O) groups excluding carboxylic acids is 2. The second kappa shape index (κ2) is 8.11. The molecule has 0 unspecified atom stereocenters. The van der Waals surface area contributed by atoms with Crippen LogP contribution in [0.15, 0.2) is 41.4 Å². The fourth-order valence-corrected chi connectivity index (χ4v) is 3.76. The first-order chi connectivity index (χ1) is 13.5.